The number of aromatic nitrogens is 1. The second-order valence-corrected chi connectivity index (χ2v) is 8.60. The third kappa shape index (κ3) is 3.38. The lowest BCUT2D eigenvalue weighted by Crippen LogP contribution is -2.45. The number of piperidine rings is 1. The van der Waals surface area contributed by atoms with Crippen LogP contribution in [-0.2, 0) is 19.6 Å². The van der Waals surface area contributed by atoms with Gasteiger partial charge in [-0.1, -0.05) is 24.3 Å². The Bertz CT molecular complexity index is 918. The van der Waals surface area contributed by atoms with Crippen molar-refractivity contribution >= 4 is 0 Å². The lowest BCUT2D eigenvalue weighted by atomic mass is 9.84. The monoisotopic (exact) mass is 379 g/mol. The van der Waals surface area contributed by atoms with Crippen molar-refractivity contribution < 1.29 is 4.74 Å². The Hall–Kier alpha value is -2.11. The molecule has 0 radical (unpaired) electrons. The summed E-state index contributed by atoms with van der Waals surface area (Å²) >= 11 is 0. The number of para-hydroxylation sites is 1. The van der Waals surface area contributed by atoms with Gasteiger partial charge in [0.25, 0.3) is 5.56 Å². The summed E-state index contributed by atoms with van der Waals surface area (Å²) in [4.78, 5) is 15.7. The first-order chi connectivity index (χ1) is 13.7. The number of fused-ring (bicyclic) bond motifs is 4. The normalized spacial score (nSPS) is 23.5. The van der Waals surface area contributed by atoms with Crippen molar-refractivity contribution in [2.24, 2.45) is 5.92 Å². The van der Waals surface area contributed by atoms with Crippen LogP contribution in [-0.4, -0.2) is 35.7 Å². The summed E-state index contributed by atoms with van der Waals surface area (Å²) in [5, 5.41) is 3.52. The topological polar surface area (TPSA) is 46.5 Å². The minimum Gasteiger partial charge on any atom is -0.496 e. The molecule has 1 N–H and O–H groups in total. The van der Waals surface area contributed by atoms with Gasteiger partial charge in [0.05, 0.1) is 7.11 Å². The van der Waals surface area contributed by atoms with Crippen LogP contribution in [0.25, 0.3) is 0 Å². The van der Waals surface area contributed by atoms with Crippen LogP contribution in [0.2, 0.25) is 0 Å². The number of methoxy groups -OCH3 is 1. The van der Waals surface area contributed by atoms with Crippen molar-refractivity contribution in [3.8, 4) is 5.75 Å². The Balaban J connectivity index is 1.41. The molecule has 1 aromatic heterocycles. The van der Waals surface area contributed by atoms with Crippen molar-refractivity contribution in [2.75, 3.05) is 20.2 Å². The van der Waals surface area contributed by atoms with Crippen molar-refractivity contribution in [3.63, 3.8) is 0 Å². The van der Waals surface area contributed by atoms with Crippen LogP contribution in [0.15, 0.2) is 41.2 Å². The van der Waals surface area contributed by atoms with Gasteiger partial charge in [-0.25, -0.2) is 0 Å². The fourth-order valence-electron chi connectivity index (χ4n) is 4.98. The molecule has 0 unspecified atom stereocenters. The van der Waals surface area contributed by atoms with Crippen LogP contribution < -0.4 is 15.6 Å². The number of rotatable bonds is 6. The first-order valence-corrected chi connectivity index (χ1v) is 10.5. The van der Waals surface area contributed by atoms with Crippen molar-refractivity contribution in [1.82, 2.24) is 14.8 Å². The smallest absolute Gasteiger partial charge is 0.255 e. The summed E-state index contributed by atoms with van der Waals surface area (Å²) in [6.07, 6.45) is 3.66. The van der Waals surface area contributed by atoms with E-state index in [-0.39, 0.29) is 5.56 Å². The lowest BCUT2D eigenvalue weighted by molar-refractivity contribution is 0.235. The summed E-state index contributed by atoms with van der Waals surface area (Å²) in [5.74, 6) is 2.00. The highest BCUT2D eigenvalue weighted by molar-refractivity contribution is 5.33. The predicted molar refractivity (Wildman–Crippen MR) is 110 cm³/mol. The van der Waals surface area contributed by atoms with E-state index < -0.39 is 0 Å². The van der Waals surface area contributed by atoms with E-state index in [1.165, 1.54) is 30.5 Å². The summed E-state index contributed by atoms with van der Waals surface area (Å²) in [7, 11) is 1.72. The minimum absolute atomic E-state index is 0.222. The van der Waals surface area contributed by atoms with E-state index in [9.17, 15) is 4.79 Å². The van der Waals surface area contributed by atoms with Gasteiger partial charge in [-0.3, -0.25) is 9.69 Å². The molecule has 5 nitrogen and oxygen atoms in total. The van der Waals surface area contributed by atoms with Gasteiger partial charge in [0.15, 0.2) is 0 Å². The summed E-state index contributed by atoms with van der Waals surface area (Å²) in [6, 6.07) is 13.1. The molecule has 148 valence electrons. The van der Waals surface area contributed by atoms with Crippen molar-refractivity contribution in [2.45, 2.75) is 50.9 Å². The highest BCUT2D eigenvalue weighted by atomic mass is 16.5. The van der Waals surface area contributed by atoms with Crippen LogP contribution in [0.3, 0.4) is 0 Å². The van der Waals surface area contributed by atoms with Gasteiger partial charge in [-0.05, 0) is 43.9 Å². The highest BCUT2D eigenvalue weighted by Gasteiger charge is 2.33. The van der Waals surface area contributed by atoms with Gasteiger partial charge in [0.2, 0.25) is 0 Å². The average Bonchev–Trinajstić information content (AvgIpc) is 3.56. The molecule has 0 amide bonds. The first kappa shape index (κ1) is 18.0. The molecule has 1 aliphatic carbocycles. The molecule has 1 saturated heterocycles. The maximum Gasteiger partial charge on any atom is 0.255 e. The number of pyridine rings is 1. The van der Waals surface area contributed by atoms with E-state index >= 15 is 0 Å². The average molecular weight is 380 g/mol. The number of benzene rings is 1. The molecule has 2 aromatic rings. The molecule has 2 fully saturated rings. The van der Waals surface area contributed by atoms with Crippen molar-refractivity contribution in [1.29, 1.82) is 0 Å². The number of nitrogens with one attached hydrogen (secondary N) is 1. The van der Waals surface area contributed by atoms with E-state index in [1.807, 2.05) is 12.1 Å². The third-order valence-electron chi connectivity index (χ3n) is 6.59. The number of hydrogen-bond donors (Lipinski definition) is 1. The fraction of sp³-hybridized carbons (Fsp3) is 0.522. The van der Waals surface area contributed by atoms with Gasteiger partial charge in [-0.15, -0.1) is 0 Å². The van der Waals surface area contributed by atoms with Gasteiger partial charge in [-0.2, -0.15) is 0 Å². The molecule has 2 aliphatic heterocycles. The first-order valence-electron chi connectivity index (χ1n) is 10.5. The molecule has 3 heterocycles. The molecule has 1 saturated carbocycles. The van der Waals surface area contributed by atoms with Gasteiger partial charge in [0, 0.05) is 55.0 Å². The highest BCUT2D eigenvalue weighted by Crippen LogP contribution is 2.33. The second kappa shape index (κ2) is 7.37. The molecule has 5 rings (SSSR count). The molecule has 1 aromatic carbocycles. The SMILES string of the molecule is COc1ccccc1CN(Cc1ccc2n(c1=O)C[C@@H]1CNC[C@H]2C1)C1CC1. The van der Waals surface area contributed by atoms with Crippen LogP contribution in [0.5, 0.6) is 5.75 Å². The maximum atomic E-state index is 13.3. The molecule has 2 bridgehead atoms. The molecule has 28 heavy (non-hydrogen) atoms. The number of hydrogen-bond acceptors (Lipinski definition) is 4. The van der Waals surface area contributed by atoms with E-state index in [4.69, 9.17) is 4.74 Å². The molecule has 2 atom stereocenters. The summed E-state index contributed by atoms with van der Waals surface area (Å²) < 4.78 is 7.61. The van der Waals surface area contributed by atoms with Crippen LogP contribution in [0.4, 0.5) is 0 Å². The van der Waals surface area contributed by atoms with E-state index in [2.05, 4.69) is 39.0 Å². The number of nitrogens with zero attached hydrogens (tertiary/aromatic N) is 2. The zero-order valence-electron chi connectivity index (χ0n) is 16.6. The Morgan fingerprint density at radius 3 is 2.75 bits per heavy atom. The van der Waals surface area contributed by atoms with E-state index in [0.717, 1.165) is 44.0 Å². The molecular formula is C23H29N3O2. The summed E-state index contributed by atoms with van der Waals surface area (Å²) in [5.41, 5.74) is 3.56. The Labute approximate surface area is 166 Å². The quantitative estimate of drug-likeness (QED) is 0.838. The molecule has 3 aliphatic rings. The van der Waals surface area contributed by atoms with E-state index in [0.29, 0.717) is 17.9 Å². The standard InChI is InChI=1S/C23H29N3O2/c1-28-22-5-3-2-4-17(22)14-25(20-7-8-20)15-18-6-9-21-19-10-16(11-24-12-19)13-26(21)23(18)27/h2-6,9,16,19-20,24H,7-8,10-15H2,1H3/t16-,19+/m0/s1. The maximum absolute atomic E-state index is 13.3. The fourth-order valence-corrected chi connectivity index (χ4v) is 4.98. The predicted octanol–water partition coefficient (Wildman–Crippen LogP) is 2.73. The summed E-state index contributed by atoms with van der Waals surface area (Å²) in [6.45, 7) is 4.44. The molecular weight excluding hydrogens is 350 g/mol. The van der Waals surface area contributed by atoms with Crippen LogP contribution in [0.1, 0.15) is 42.0 Å². The zero-order valence-corrected chi connectivity index (χ0v) is 16.6. The lowest BCUT2D eigenvalue weighted by Gasteiger charge is -2.37. The number of ether oxygens (including phenoxy) is 1. The molecule has 5 heteroatoms. The Morgan fingerprint density at radius 2 is 1.93 bits per heavy atom. The zero-order chi connectivity index (χ0) is 19.1. The van der Waals surface area contributed by atoms with Gasteiger partial charge in [0.1, 0.15) is 5.75 Å². The largest absolute Gasteiger partial charge is 0.496 e. The van der Waals surface area contributed by atoms with E-state index in [1.54, 1.807) is 7.11 Å². The van der Waals surface area contributed by atoms with Gasteiger partial charge >= 0.3 is 0 Å². The van der Waals surface area contributed by atoms with Gasteiger partial charge < -0.3 is 14.6 Å². The minimum atomic E-state index is 0.222. The second-order valence-electron chi connectivity index (χ2n) is 8.60. The van der Waals surface area contributed by atoms with Crippen LogP contribution >= 0.6 is 0 Å². The molecule has 0 spiro atoms. The third-order valence-corrected chi connectivity index (χ3v) is 6.59. The van der Waals surface area contributed by atoms with Crippen molar-refractivity contribution in [3.05, 3.63) is 63.6 Å². The van der Waals surface area contributed by atoms with Crippen LogP contribution in [0, 0.1) is 5.92 Å². The Kier molecular flexibility index (Phi) is 4.73. The Morgan fingerprint density at radius 1 is 1.11 bits per heavy atom.